The normalized spacial score (nSPS) is 10.8. The Morgan fingerprint density at radius 2 is 1.56 bits per heavy atom. The molecule has 0 unspecified atom stereocenters. The van der Waals surface area contributed by atoms with Crippen molar-refractivity contribution in [3.63, 3.8) is 0 Å². The minimum absolute atomic E-state index is 0.149. The largest absolute Gasteiger partial charge is 0.345 e. The monoisotopic (exact) mass is 228 g/mol. The number of rotatable bonds is 9. The van der Waals surface area contributed by atoms with E-state index in [1.165, 1.54) is 32.1 Å². The molecule has 96 valence electrons. The quantitative estimate of drug-likeness (QED) is 0.566. The summed E-state index contributed by atoms with van der Waals surface area (Å²) in [6.45, 7) is 6.81. The van der Waals surface area contributed by atoms with Gasteiger partial charge in [0.05, 0.1) is 0 Å². The van der Waals surface area contributed by atoms with Gasteiger partial charge in [0.15, 0.2) is 0 Å². The van der Waals surface area contributed by atoms with Crippen molar-refractivity contribution in [2.75, 3.05) is 33.7 Å². The summed E-state index contributed by atoms with van der Waals surface area (Å²) in [5.74, 6) is 0.149. The number of hydrogen-bond acceptors (Lipinski definition) is 2. The maximum atomic E-state index is 11.0. The minimum atomic E-state index is 0.149. The first-order valence-electron chi connectivity index (χ1n) is 6.48. The van der Waals surface area contributed by atoms with Gasteiger partial charge in [-0.3, -0.25) is 4.79 Å². The molecule has 0 aromatic rings. The van der Waals surface area contributed by atoms with Crippen LogP contribution in [0.1, 0.15) is 46.0 Å². The van der Waals surface area contributed by atoms with E-state index >= 15 is 0 Å². The van der Waals surface area contributed by atoms with Crippen molar-refractivity contribution in [1.29, 1.82) is 0 Å². The van der Waals surface area contributed by atoms with Crippen LogP contribution < -0.4 is 0 Å². The Hall–Kier alpha value is -0.570. The van der Waals surface area contributed by atoms with Gasteiger partial charge in [0.25, 0.3) is 0 Å². The molecule has 1 amide bonds. The van der Waals surface area contributed by atoms with Gasteiger partial charge in [0.1, 0.15) is 0 Å². The van der Waals surface area contributed by atoms with Gasteiger partial charge in [0, 0.05) is 27.1 Å². The summed E-state index contributed by atoms with van der Waals surface area (Å²) in [6.07, 6.45) is 6.63. The molecule has 0 fully saturated rings. The summed E-state index contributed by atoms with van der Waals surface area (Å²) < 4.78 is 0. The second-order valence-corrected chi connectivity index (χ2v) is 4.66. The molecule has 0 heterocycles. The zero-order valence-corrected chi connectivity index (χ0v) is 11.5. The predicted molar refractivity (Wildman–Crippen MR) is 69.6 cm³/mol. The van der Waals surface area contributed by atoms with Crippen molar-refractivity contribution < 1.29 is 4.79 Å². The molecule has 0 atom stereocenters. The SMILES string of the molecule is CCCCCCCN(C)CCN(C)C(C)=O. The van der Waals surface area contributed by atoms with Crippen molar-refractivity contribution in [1.82, 2.24) is 9.80 Å². The second kappa shape index (κ2) is 9.64. The first kappa shape index (κ1) is 15.4. The number of amides is 1. The van der Waals surface area contributed by atoms with Crippen LogP contribution in [0.15, 0.2) is 0 Å². The van der Waals surface area contributed by atoms with E-state index in [1.807, 2.05) is 7.05 Å². The molecule has 3 nitrogen and oxygen atoms in total. The van der Waals surface area contributed by atoms with Crippen LogP contribution in [0.5, 0.6) is 0 Å². The molecule has 0 aromatic carbocycles. The number of likely N-dealkylation sites (N-methyl/N-ethyl adjacent to an activating group) is 2. The molecule has 0 aliphatic carbocycles. The van der Waals surface area contributed by atoms with Gasteiger partial charge in [-0.15, -0.1) is 0 Å². The van der Waals surface area contributed by atoms with Gasteiger partial charge in [-0.05, 0) is 20.0 Å². The third kappa shape index (κ3) is 8.72. The standard InChI is InChI=1S/C13H28N2O/c1-5-6-7-8-9-10-14(3)11-12-15(4)13(2)16/h5-12H2,1-4H3. The second-order valence-electron chi connectivity index (χ2n) is 4.66. The Labute approximate surface area is 101 Å². The lowest BCUT2D eigenvalue weighted by atomic mass is 10.1. The summed E-state index contributed by atoms with van der Waals surface area (Å²) in [5.41, 5.74) is 0. The number of unbranched alkanes of at least 4 members (excludes halogenated alkanes) is 4. The molecule has 0 aliphatic rings. The van der Waals surface area contributed by atoms with Gasteiger partial charge >= 0.3 is 0 Å². The number of carbonyl (C=O) groups is 1. The van der Waals surface area contributed by atoms with Crippen molar-refractivity contribution >= 4 is 5.91 Å². The highest BCUT2D eigenvalue weighted by molar-refractivity contribution is 5.72. The molecule has 16 heavy (non-hydrogen) atoms. The van der Waals surface area contributed by atoms with Gasteiger partial charge in [-0.25, -0.2) is 0 Å². The van der Waals surface area contributed by atoms with Crippen molar-refractivity contribution in [2.45, 2.75) is 46.0 Å². The van der Waals surface area contributed by atoms with E-state index in [1.54, 1.807) is 11.8 Å². The minimum Gasteiger partial charge on any atom is -0.345 e. The van der Waals surface area contributed by atoms with Gasteiger partial charge in [0.2, 0.25) is 5.91 Å². The molecule has 3 heteroatoms. The molecular weight excluding hydrogens is 200 g/mol. The summed E-state index contributed by atoms with van der Waals surface area (Å²) in [5, 5.41) is 0. The van der Waals surface area contributed by atoms with E-state index in [0.29, 0.717) is 0 Å². The van der Waals surface area contributed by atoms with E-state index in [4.69, 9.17) is 0 Å². The fraction of sp³-hybridized carbons (Fsp3) is 0.923. The Morgan fingerprint density at radius 1 is 0.938 bits per heavy atom. The van der Waals surface area contributed by atoms with Crippen LogP contribution >= 0.6 is 0 Å². The highest BCUT2D eigenvalue weighted by atomic mass is 16.2. The predicted octanol–water partition coefficient (Wildman–Crippen LogP) is 2.37. The molecule has 0 aliphatic heterocycles. The summed E-state index contributed by atoms with van der Waals surface area (Å²) in [6, 6.07) is 0. The Bertz CT molecular complexity index is 183. The average molecular weight is 228 g/mol. The Balaban J connectivity index is 3.37. The summed E-state index contributed by atoms with van der Waals surface area (Å²) in [4.78, 5) is 15.1. The van der Waals surface area contributed by atoms with E-state index < -0.39 is 0 Å². The first-order valence-corrected chi connectivity index (χ1v) is 6.48. The van der Waals surface area contributed by atoms with Crippen molar-refractivity contribution in [2.24, 2.45) is 0 Å². The summed E-state index contributed by atoms with van der Waals surface area (Å²) in [7, 11) is 3.99. The van der Waals surface area contributed by atoms with Crippen LogP contribution in [-0.2, 0) is 4.79 Å². The van der Waals surface area contributed by atoms with Crippen LogP contribution in [0.4, 0.5) is 0 Å². The smallest absolute Gasteiger partial charge is 0.219 e. The van der Waals surface area contributed by atoms with E-state index in [0.717, 1.165) is 19.6 Å². The lowest BCUT2D eigenvalue weighted by molar-refractivity contribution is -0.127. The highest BCUT2D eigenvalue weighted by Gasteiger charge is 2.03. The first-order chi connectivity index (χ1) is 7.57. The maximum Gasteiger partial charge on any atom is 0.219 e. The van der Waals surface area contributed by atoms with E-state index in [2.05, 4.69) is 18.9 Å². The third-order valence-electron chi connectivity index (χ3n) is 3.00. The van der Waals surface area contributed by atoms with Crippen LogP contribution in [0.3, 0.4) is 0 Å². The molecule has 0 radical (unpaired) electrons. The Morgan fingerprint density at radius 3 is 2.12 bits per heavy atom. The molecular formula is C13H28N2O. The topological polar surface area (TPSA) is 23.6 Å². The highest BCUT2D eigenvalue weighted by Crippen LogP contribution is 2.03. The van der Waals surface area contributed by atoms with Crippen LogP contribution in [0.25, 0.3) is 0 Å². The van der Waals surface area contributed by atoms with Crippen LogP contribution in [0.2, 0.25) is 0 Å². The van der Waals surface area contributed by atoms with Gasteiger partial charge < -0.3 is 9.80 Å². The molecule has 0 rings (SSSR count). The molecule has 0 N–H and O–H groups in total. The lowest BCUT2D eigenvalue weighted by Gasteiger charge is -2.21. The number of nitrogens with zero attached hydrogens (tertiary/aromatic N) is 2. The summed E-state index contributed by atoms with van der Waals surface area (Å²) >= 11 is 0. The maximum absolute atomic E-state index is 11.0. The Kier molecular flexibility index (Phi) is 9.30. The van der Waals surface area contributed by atoms with E-state index in [9.17, 15) is 4.79 Å². The number of hydrogen-bond donors (Lipinski definition) is 0. The lowest BCUT2D eigenvalue weighted by Crippen LogP contribution is -2.33. The van der Waals surface area contributed by atoms with Crippen molar-refractivity contribution in [3.05, 3.63) is 0 Å². The molecule has 0 aromatic heterocycles. The fourth-order valence-electron chi connectivity index (χ4n) is 1.58. The molecule has 0 spiro atoms. The number of carbonyl (C=O) groups excluding carboxylic acids is 1. The van der Waals surface area contributed by atoms with Crippen LogP contribution in [0, 0.1) is 0 Å². The third-order valence-corrected chi connectivity index (χ3v) is 3.00. The molecule has 0 saturated carbocycles. The van der Waals surface area contributed by atoms with Gasteiger partial charge in [-0.1, -0.05) is 32.6 Å². The zero-order valence-electron chi connectivity index (χ0n) is 11.5. The molecule has 0 saturated heterocycles. The average Bonchev–Trinajstić information content (AvgIpc) is 2.25. The molecule has 0 bridgehead atoms. The van der Waals surface area contributed by atoms with Crippen molar-refractivity contribution in [3.8, 4) is 0 Å². The fourth-order valence-corrected chi connectivity index (χ4v) is 1.58. The van der Waals surface area contributed by atoms with E-state index in [-0.39, 0.29) is 5.91 Å². The zero-order chi connectivity index (χ0) is 12.4. The van der Waals surface area contributed by atoms with Crippen LogP contribution in [-0.4, -0.2) is 49.4 Å². The van der Waals surface area contributed by atoms with Gasteiger partial charge in [-0.2, -0.15) is 0 Å².